The number of nitrogens with zero attached hydrogens (tertiary/aromatic N) is 2. The van der Waals surface area contributed by atoms with Gasteiger partial charge in [0.1, 0.15) is 5.82 Å². The molecule has 1 heterocycles. The van der Waals surface area contributed by atoms with E-state index < -0.39 is 11.7 Å². The standard InChI is InChI=1S/C16H12FN3OS/c17-13-9-5-4-8-12(13)15(21)20(18)16-19-14(10-22-16)11-6-2-1-3-7-11/h1-10H,18H2. The Morgan fingerprint density at radius 2 is 1.77 bits per heavy atom. The lowest BCUT2D eigenvalue weighted by atomic mass is 10.2. The first-order valence-corrected chi connectivity index (χ1v) is 7.39. The smallest absolute Gasteiger partial charge is 0.267 e. The number of nitrogens with two attached hydrogens (primary N) is 1. The van der Waals surface area contributed by atoms with Crippen molar-refractivity contribution < 1.29 is 9.18 Å². The number of amides is 1. The Balaban J connectivity index is 1.87. The van der Waals surface area contributed by atoms with Crippen molar-refractivity contribution in [1.82, 2.24) is 4.98 Å². The largest absolute Gasteiger partial charge is 0.277 e. The van der Waals surface area contributed by atoms with Crippen molar-refractivity contribution in [2.24, 2.45) is 5.84 Å². The van der Waals surface area contributed by atoms with E-state index in [1.54, 1.807) is 11.4 Å². The molecule has 0 atom stereocenters. The van der Waals surface area contributed by atoms with Crippen LogP contribution in [-0.2, 0) is 0 Å². The molecule has 22 heavy (non-hydrogen) atoms. The molecule has 0 aliphatic carbocycles. The van der Waals surface area contributed by atoms with Crippen LogP contribution in [0.4, 0.5) is 9.52 Å². The van der Waals surface area contributed by atoms with Crippen LogP contribution in [0, 0.1) is 5.82 Å². The third kappa shape index (κ3) is 2.74. The number of carbonyl (C=O) groups is 1. The van der Waals surface area contributed by atoms with E-state index in [0.717, 1.165) is 16.3 Å². The Labute approximate surface area is 130 Å². The molecule has 2 N–H and O–H groups in total. The second kappa shape index (κ2) is 6.05. The molecule has 110 valence electrons. The van der Waals surface area contributed by atoms with E-state index in [1.165, 1.54) is 29.5 Å². The molecule has 0 aliphatic rings. The molecule has 4 nitrogen and oxygen atoms in total. The summed E-state index contributed by atoms with van der Waals surface area (Å²) in [7, 11) is 0. The molecule has 1 amide bonds. The summed E-state index contributed by atoms with van der Waals surface area (Å²) in [6.07, 6.45) is 0. The number of carbonyl (C=O) groups excluding carboxylic acids is 1. The number of hydrazine groups is 1. The summed E-state index contributed by atoms with van der Waals surface area (Å²) >= 11 is 1.23. The highest BCUT2D eigenvalue weighted by Gasteiger charge is 2.20. The first kappa shape index (κ1) is 14.4. The Morgan fingerprint density at radius 3 is 2.50 bits per heavy atom. The number of aromatic nitrogens is 1. The van der Waals surface area contributed by atoms with Crippen molar-refractivity contribution in [1.29, 1.82) is 0 Å². The molecule has 1 aromatic heterocycles. The fraction of sp³-hybridized carbons (Fsp3) is 0. The highest BCUT2D eigenvalue weighted by Crippen LogP contribution is 2.27. The van der Waals surface area contributed by atoms with E-state index in [1.807, 2.05) is 30.3 Å². The Bertz CT molecular complexity index is 804. The monoisotopic (exact) mass is 313 g/mol. The molecule has 3 rings (SSSR count). The molecule has 0 spiro atoms. The second-order valence-corrected chi connectivity index (χ2v) is 5.37. The van der Waals surface area contributed by atoms with Gasteiger partial charge in [-0.2, -0.15) is 0 Å². The summed E-state index contributed by atoms with van der Waals surface area (Å²) in [4.78, 5) is 16.6. The van der Waals surface area contributed by atoms with Gasteiger partial charge >= 0.3 is 0 Å². The average Bonchev–Trinajstić information content (AvgIpc) is 3.05. The second-order valence-electron chi connectivity index (χ2n) is 4.54. The van der Waals surface area contributed by atoms with Crippen LogP contribution < -0.4 is 10.9 Å². The molecule has 0 saturated heterocycles. The number of rotatable bonds is 3. The minimum absolute atomic E-state index is 0.0820. The highest BCUT2D eigenvalue weighted by atomic mass is 32.1. The van der Waals surface area contributed by atoms with E-state index in [-0.39, 0.29) is 5.56 Å². The number of benzene rings is 2. The minimum Gasteiger partial charge on any atom is -0.267 e. The fourth-order valence-corrected chi connectivity index (χ4v) is 2.72. The maximum Gasteiger partial charge on any atom is 0.277 e. The minimum atomic E-state index is -0.632. The van der Waals surface area contributed by atoms with Gasteiger partial charge in [-0.3, -0.25) is 4.79 Å². The number of halogens is 1. The van der Waals surface area contributed by atoms with Gasteiger partial charge < -0.3 is 0 Å². The molecule has 6 heteroatoms. The van der Waals surface area contributed by atoms with Gasteiger partial charge in [0.2, 0.25) is 5.13 Å². The Kier molecular flexibility index (Phi) is 3.95. The van der Waals surface area contributed by atoms with Gasteiger partial charge in [0, 0.05) is 10.9 Å². The molecule has 0 aliphatic heterocycles. The number of thiazole rings is 1. The van der Waals surface area contributed by atoms with Crippen LogP contribution >= 0.6 is 11.3 Å². The summed E-state index contributed by atoms with van der Waals surface area (Å²) in [6.45, 7) is 0. The van der Waals surface area contributed by atoms with Gasteiger partial charge in [-0.25, -0.2) is 20.2 Å². The third-order valence-corrected chi connectivity index (χ3v) is 3.93. The molecule has 0 saturated carbocycles. The molecule has 0 bridgehead atoms. The van der Waals surface area contributed by atoms with Crippen LogP contribution in [-0.4, -0.2) is 10.9 Å². The van der Waals surface area contributed by atoms with E-state index in [9.17, 15) is 9.18 Å². The van der Waals surface area contributed by atoms with E-state index in [4.69, 9.17) is 5.84 Å². The zero-order chi connectivity index (χ0) is 15.5. The normalized spacial score (nSPS) is 10.5. The molecule has 2 aromatic carbocycles. The predicted molar refractivity (Wildman–Crippen MR) is 84.9 cm³/mol. The Hall–Kier alpha value is -2.57. The molecule has 0 fully saturated rings. The van der Waals surface area contributed by atoms with E-state index in [2.05, 4.69) is 4.98 Å². The van der Waals surface area contributed by atoms with Crippen molar-refractivity contribution in [2.45, 2.75) is 0 Å². The van der Waals surface area contributed by atoms with Crippen LogP contribution in [0.25, 0.3) is 11.3 Å². The SMILES string of the molecule is NN(C(=O)c1ccccc1F)c1nc(-c2ccccc2)cs1. The van der Waals surface area contributed by atoms with Crippen LogP contribution in [0.5, 0.6) is 0 Å². The summed E-state index contributed by atoms with van der Waals surface area (Å²) in [6, 6.07) is 15.3. The van der Waals surface area contributed by atoms with Crippen molar-refractivity contribution in [3.05, 3.63) is 71.4 Å². The van der Waals surface area contributed by atoms with Crippen LogP contribution in [0.1, 0.15) is 10.4 Å². The lowest BCUT2D eigenvalue weighted by Gasteiger charge is -2.13. The van der Waals surface area contributed by atoms with Crippen LogP contribution in [0.15, 0.2) is 60.0 Å². The van der Waals surface area contributed by atoms with Gasteiger partial charge in [-0.05, 0) is 12.1 Å². The molecule has 0 radical (unpaired) electrons. The molecule has 3 aromatic rings. The quantitative estimate of drug-likeness (QED) is 0.457. The summed E-state index contributed by atoms with van der Waals surface area (Å²) in [5, 5.41) is 2.99. The third-order valence-electron chi connectivity index (χ3n) is 3.09. The summed E-state index contributed by atoms with van der Waals surface area (Å²) in [5.41, 5.74) is 1.57. The summed E-state index contributed by atoms with van der Waals surface area (Å²) < 4.78 is 13.7. The molecule has 0 unspecified atom stereocenters. The van der Waals surface area contributed by atoms with Gasteiger partial charge in [-0.15, -0.1) is 11.3 Å². The summed E-state index contributed by atoms with van der Waals surface area (Å²) in [5.74, 6) is 4.56. The predicted octanol–water partition coefficient (Wildman–Crippen LogP) is 3.47. The lowest BCUT2D eigenvalue weighted by Crippen LogP contribution is -2.37. The van der Waals surface area contributed by atoms with Gasteiger partial charge in [0.15, 0.2) is 0 Å². The lowest BCUT2D eigenvalue weighted by molar-refractivity contribution is 0.0983. The topological polar surface area (TPSA) is 59.2 Å². The highest BCUT2D eigenvalue weighted by molar-refractivity contribution is 7.14. The van der Waals surface area contributed by atoms with Crippen molar-refractivity contribution in [3.8, 4) is 11.3 Å². The first-order chi connectivity index (χ1) is 10.7. The van der Waals surface area contributed by atoms with E-state index in [0.29, 0.717) is 5.13 Å². The molecular formula is C16H12FN3OS. The average molecular weight is 313 g/mol. The van der Waals surface area contributed by atoms with Crippen LogP contribution in [0.2, 0.25) is 0 Å². The van der Waals surface area contributed by atoms with Crippen LogP contribution in [0.3, 0.4) is 0 Å². The van der Waals surface area contributed by atoms with Gasteiger partial charge in [0.25, 0.3) is 5.91 Å². The van der Waals surface area contributed by atoms with Crippen molar-refractivity contribution in [2.75, 3.05) is 5.01 Å². The van der Waals surface area contributed by atoms with Gasteiger partial charge in [0.05, 0.1) is 11.3 Å². The molecular weight excluding hydrogens is 301 g/mol. The zero-order valence-electron chi connectivity index (χ0n) is 11.4. The fourth-order valence-electron chi connectivity index (χ4n) is 1.97. The number of anilines is 1. The van der Waals surface area contributed by atoms with Crippen molar-refractivity contribution >= 4 is 22.4 Å². The first-order valence-electron chi connectivity index (χ1n) is 6.51. The van der Waals surface area contributed by atoms with Gasteiger partial charge in [-0.1, -0.05) is 42.5 Å². The maximum atomic E-state index is 13.7. The Morgan fingerprint density at radius 1 is 1.09 bits per heavy atom. The van der Waals surface area contributed by atoms with E-state index >= 15 is 0 Å². The zero-order valence-corrected chi connectivity index (χ0v) is 12.3. The van der Waals surface area contributed by atoms with Crippen molar-refractivity contribution in [3.63, 3.8) is 0 Å². The number of hydrogen-bond donors (Lipinski definition) is 1. The maximum absolute atomic E-state index is 13.7. The number of hydrogen-bond acceptors (Lipinski definition) is 4.